The summed E-state index contributed by atoms with van der Waals surface area (Å²) in [5, 5.41) is 0. The van der Waals surface area contributed by atoms with E-state index < -0.39 is 10.0 Å². The summed E-state index contributed by atoms with van der Waals surface area (Å²) in [4.78, 5) is 0.243. The highest BCUT2D eigenvalue weighted by Crippen LogP contribution is 2.31. The number of rotatable bonds is 4. The first-order chi connectivity index (χ1) is 9.36. The van der Waals surface area contributed by atoms with E-state index >= 15 is 0 Å². The summed E-state index contributed by atoms with van der Waals surface area (Å²) in [6.45, 7) is 5.44. The maximum absolute atomic E-state index is 12.6. The van der Waals surface area contributed by atoms with E-state index in [1.165, 1.54) is 19.2 Å². The zero-order valence-electron chi connectivity index (χ0n) is 12.2. The number of benzene rings is 1. The van der Waals surface area contributed by atoms with Gasteiger partial charge in [-0.2, -0.15) is 4.31 Å². The summed E-state index contributed by atoms with van der Waals surface area (Å²) in [6, 6.07) is 4.60. The molecule has 0 spiro atoms. The Morgan fingerprint density at radius 2 is 2.10 bits per heavy atom. The largest absolute Gasteiger partial charge is 0.495 e. The first kappa shape index (κ1) is 15.1. The molecule has 2 N–H and O–H groups in total. The molecule has 0 amide bonds. The standard InChI is InChI=1S/C14H22N2O3S/c1-10(2)11-6-7-16(9-11)20(17,18)12-4-5-13(15)14(8-12)19-3/h4-5,8,10-11H,6-7,9,15H2,1-3H3. The van der Waals surface area contributed by atoms with E-state index in [-0.39, 0.29) is 4.90 Å². The lowest BCUT2D eigenvalue weighted by atomic mass is 9.96. The van der Waals surface area contributed by atoms with Crippen LogP contribution >= 0.6 is 0 Å². The number of nitrogens with zero attached hydrogens (tertiary/aromatic N) is 1. The molecule has 0 saturated carbocycles. The lowest BCUT2D eigenvalue weighted by Crippen LogP contribution is -2.29. The van der Waals surface area contributed by atoms with E-state index in [4.69, 9.17) is 10.5 Å². The SMILES string of the molecule is COc1cc(S(=O)(=O)N2CCC(C(C)C)C2)ccc1N. The van der Waals surface area contributed by atoms with Crippen LogP contribution in [0.25, 0.3) is 0 Å². The highest BCUT2D eigenvalue weighted by Gasteiger charge is 2.33. The van der Waals surface area contributed by atoms with Crippen LogP contribution in [-0.4, -0.2) is 32.9 Å². The second kappa shape index (κ2) is 5.61. The second-order valence-electron chi connectivity index (χ2n) is 5.56. The van der Waals surface area contributed by atoms with Crippen molar-refractivity contribution in [3.63, 3.8) is 0 Å². The van der Waals surface area contributed by atoms with Crippen LogP contribution in [-0.2, 0) is 10.0 Å². The van der Waals surface area contributed by atoms with Gasteiger partial charge in [0.25, 0.3) is 0 Å². The molecule has 1 aromatic carbocycles. The predicted molar refractivity (Wildman–Crippen MR) is 79.1 cm³/mol. The zero-order valence-corrected chi connectivity index (χ0v) is 13.0. The van der Waals surface area contributed by atoms with Gasteiger partial charge in [-0.3, -0.25) is 0 Å². The van der Waals surface area contributed by atoms with Crippen LogP contribution in [0.3, 0.4) is 0 Å². The molecule has 20 heavy (non-hydrogen) atoms. The first-order valence-corrected chi connectivity index (χ1v) is 8.24. The van der Waals surface area contributed by atoms with Gasteiger partial charge in [-0.15, -0.1) is 0 Å². The highest BCUT2D eigenvalue weighted by molar-refractivity contribution is 7.89. The van der Waals surface area contributed by atoms with Gasteiger partial charge in [0.1, 0.15) is 5.75 Å². The molecule has 5 nitrogen and oxygen atoms in total. The fraction of sp³-hybridized carbons (Fsp3) is 0.571. The van der Waals surface area contributed by atoms with E-state index in [1.807, 2.05) is 0 Å². The van der Waals surface area contributed by atoms with Crippen molar-refractivity contribution in [2.24, 2.45) is 11.8 Å². The third kappa shape index (κ3) is 2.76. The number of methoxy groups -OCH3 is 1. The van der Waals surface area contributed by atoms with Crippen molar-refractivity contribution in [3.05, 3.63) is 18.2 Å². The Kier molecular flexibility index (Phi) is 4.25. The number of nitrogen functional groups attached to an aromatic ring is 1. The minimum atomic E-state index is -3.46. The number of ether oxygens (including phenoxy) is 1. The maximum atomic E-state index is 12.6. The van der Waals surface area contributed by atoms with E-state index in [0.717, 1.165) is 6.42 Å². The molecule has 6 heteroatoms. The Morgan fingerprint density at radius 3 is 2.65 bits per heavy atom. The topological polar surface area (TPSA) is 72.6 Å². The van der Waals surface area contributed by atoms with Crippen molar-refractivity contribution >= 4 is 15.7 Å². The molecule has 1 fully saturated rings. The smallest absolute Gasteiger partial charge is 0.243 e. The van der Waals surface area contributed by atoms with Crippen LogP contribution in [0.4, 0.5) is 5.69 Å². The van der Waals surface area contributed by atoms with Crippen molar-refractivity contribution in [3.8, 4) is 5.75 Å². The Bertz CT molecular complexity index is 584. The minimum absolute atomic E-state index is 0.243. The highest BCUT2D eigenvalue weighted by atomic mass is 32.2. The van der Waals surface area contributed by atoms with Crippen LogP contribution in [0.15, 0.2) is 23.1 Å². The van der Waals surface area contributed by atoms with Gasteiger partial charge in [0.15, 0.2) is 0 Å². The Hall–Kier alpha value is -1.27. The van der Waals surface area contributed by atoms with E-state index in [9.17, 15) is 8.42 Å². The molecule has 1 aliphatic rings. The summed E-state index contributed by atoms with van der Waals surface area (Å²) in [5.74, 6) is 1.32. The third-order valence-electron chi connectivity index (χ3n) is 3.97. The fourth-order valence-corrected chi connectivity index (χ4v) is 4.05. The third-order valence-corrected chi connectivity index (χ3v) is 5.83. The Labute approximate surface area is 120 Å². The molecule has 0 aromatic heterocycles. The van der Waals surface area contributed by atoms with Gasteiger partial charge in [0, 0.05) is 19.2 Å². The summed E-state index contributed by atoms with van der Waals surface area (Å²) < 4.78 is 31.9. The molecule has 1 heterocycles. The van der Waals surface area contributed by atoms with Crippen molar-refractivity contribution in [1.82, 2.24) is 4.31 Å². The fourth-order valence-electron chi connectivity index (χ4n) is 2.52. The van der Waals surface area contributed by atoms with Crippen LogP contribution < -0.4 is 10.5 Å². The number of anilines is 1. The second-order valence-corrected chi connectivity index (χ2v) is 7.50. The predicted octanol–water partition coefficient (Wildman–Crippen LogP) is 1.94. The summed E-state index contributed by atoms with van der Waals surface area (Å²) >= 11 is 0. The molecule has 0 aliphatic carbocycles. The lowest BCUT2D eigenvalue weighted by Gasteiger charge is -2.18. The molecule has 1 atom stereocenters. The first-order valence-electron chi connectivity index (χ1n) is 6.80. The summed E-state index contributed by atoms with van der Waals surface area (Å²) in [7, 11) is -1.98. The molecule has 2 rings (SSSR count). The maximum Gasteiger partial charge on any atom is 0.243 e. The van der Waals surface area contributed by atoms with Gasteiger partial charge in [-0.1, -0.05) is 13.8 Å². The van der Waals surface area contributed by atoms with E-state index in [2.05, 4.69) is 13.8 Å². The minimum Gasteiger partial charge on any atom is -0.495 e. The quantitative estimate of drug-likeness (QED) is 0.862. The van der Waals surface area contributed by atoms with Gasteiger partial charge in [0.05, 0.1) is 17.7 Å². The Balaban J connectivity index is 2.27. The zero-order chi connectivity index (χ0) is 14.9. The van der Waals surface area contributed by atoms with Crippen molar-refractivity contribution < 1.29 is 13.2 Å². The number of nitrogens with two attached hydrogens (primary N) is 1. The molecule has 1 aliphatic heterocycles. The average Bonchev–Trinajstić information content (AvgIpc) is 2.89. The van der Waals surface area contributed by atoms with Crippen LogP contribution in [0.5, 0.6) is 5.75 Å². The molecule has 0 radical (unpaired) electrons. The number of hydrogen-bond acceptors (Lipinski definition) is 4. The van der Waals surface area contributed by atoms with E-state index in [1.54, 1.807) is 10.4 Å². The number of hydrogen-bond donors (Lipinski definition) is 1. The summed E-state index contributed by atoms with van der Waals surface area (Å²) in [6.07, 6.45) is 0.920. The Morgan fingerprint density at radius 1 is 1.40 bits per heavy atom. The molecule has 0 bridgehead atoms. The van der Waals surface area contributed by atoms with Crippen LogP contribution in [0.1, 0.15) is 20.3 Å². The van der Waals surface area contributed by atoms with Crippen LogP contribution in [0.2, 0.25) is 0 Å². The molecule has 1 unspecified atom stereocenters. The van der Waals surface area contributed by atoms with Crippen molar-refractivity contribution in [2.75, 3.05) is 25.9 Å². The molecule has 1 aromatic rings. The van der Waals surface area contributed by atoms with E-state index in [0.29, 0.717) is 36.4 Å². The number of sulfonamides is 1. The van der Waals surface area contributed by atoms with Gasteiger partial charge in [-0.05, 0) is 30.4 Å². The normalized spacial score (nSPS) is 20.5. The van der Waals surface area contributed by atoms with Crippen LogP contribution in [0, 0.1) is 11.8 Å². The molecule has 112 valence electrons. The average molecular weight is 298 g/mol. The molecular formula is C14H22N2O3S. The van der Waals surface area contributed by atoms with Crippen molar-refractivity contribution in [2.45, 2.75) is 25.2 Å². The van der Waals surface area contributed by atoms with Crippen molar-refractivity contribution in [1.29, 1.82) is 0 Å². The summed E-state index contributed by atoms with van der Waals surface area (Å²) in [5.41, 5.74) is 6.16. The van der Waals surface area contributed by atoms with Gasteiger partial charge >= 0.3 is 0 Å². The lowest BCUT2D eigenvalue weighted by molar-refractivity contribution is 0.388. The molecular weight excluding hydrogens is 276 g/mol. The van der Waals surface area contributed by atoms with Gasteiger partial charge in [0.2, 0.25) is 10.0 Å². The van der Waals surface area contributed by atoms with Gasteiger partial charge in [-0.25, -0.2) is 8.42 Å². The van der Waals surface area contributed by atoms with Gasteiger partial charge < -0.3 is 10.5 Å². The molecule has 1 saturated heterocycles. The monoisotopic (exact) mass is 298 g/mol.